The summed E-state index contributed by atoms with van der Waals surface area (Å²) < 4.78 is 5.47. The number of piperazine rings is 1. The van der Waals surface area contributed by atoms with Crippen LogP contribution in [0.15, 0.2) is 0 Å². The molecule has 1 aliphatic carbocycles. The molecular formula is C17H28N2O3. The summed E-state index contributed by atoms with van der Waals surface area (Å²) in [6, 6.07) is 0. The van der Waals surface area contributed by atoms with Crippen molar-refractivity contribution in [3.05, 3.63) is 0 Å². The Morgan fingerprint density at radius 2 is 1.55 bits per heavy atom. The van der Waals surface area contributed by atoms with Gasteiger partial charge in [-0.15, -0.1) is 0 Å². The zero-order chi connectivity index (χ0) is 15.4. The Labute approximate surface area is 133 Å². The molecule has 2 aliphatic heterocycles. The Hall–Kier alpha value is -1.10. The van der Waals surface area contributed by atoms with Crippen LogP contribution in [0.2, 0.25) is 0 Å². The summed E-state index contributed by atoms with van der Waals surface area (Å²) in [5.41, 5.74) is 0. The Bertz CT molecular complexity index is 393. The normalized spacial score (nSPS) is 27.2. The second-order valence-electron chi connectivity index (χ2n) is 6.92. The van der Waals surface area contributed by atoms with Crippen LogP contribution in [0.5, 0.6) is 0 Å². The third kappa shape index (κ3) is 3.80. The summed E-state index contributed by atoms with van der Waals surface area (Å²) in [7, 11) is 0. The summed E-state index contributed by atoms with van der Waals surface area (Å²) in [5.74, 6) is 1.00. The number of carbonyl (C=O) groups is 2. The first-order chi connectivity index (χ1) is 10.7. The monoisotopic (exact) mass is 308 g/mol. The first kappa shape index (κ1) is 15.8. The van der Waals surface area contributed by atoms with Crippen molar-refractivity contribution in [2.75, 3.05) is 32.8 Å². The molecule has 2 saturated heterocycles. The molecule has 2 heterocycles. The summed E-state index contributed by atoms with van der Waals surface area (Å²) >= 11 is 0. The first-order valence-electron chi connectivity index (χ1n) is 8.92. The number of hydrogen-bond acceptors (Lipinski definition) is 3. The van der Waals surface area contributed by atoms with Crippen LogP contribution in [0.1, 0.15) is 51.4 Å². The fraction of sp³-hybridized carbons (Fsp3) is 0.882. The highest BCUT2D eigenvalue weighted by Crippen LogP contribution is 2.27. The van der Waals surface area contributed by atoms with E-state index in [1.165, 1.54) is 32.1 Å². The lowest BCUT2D eigenvalue weighted by atomic mass is 9.86. The third-order valence-corrected chi connectivity index (χ3v) is 5.34. The molecule has 1 unspecified atom stereocenters. The molecular weight excluding hydrogens is 280 g/mol. The number of nitrogens with zero attached hydrogens (tertiary/aromatic N) is 2. The first-order valence-corrected chi connectivity index (χ1v) is 8.92. The lowest BCUT2D eigenvalue weighted by molar-refractivity contribution is -0.146. The van der Waals surface area contributed by atoms with Crippen LogP contribution in [0.4, 0.5) is 0 Å². The van der Waals surface area contributed by atoms with Crippen molar-refractivity contribution in [1.82, 2.24) is 9.80 Å². The second kappa shape index (κ2) is 7.44. The molecule has 2 amide bonds. The van der Waals surface area contributed by atoms with Crippen LogP contribution in [0.3, 0.4) is 0 Å². The maximum atomic E-state index is 12.4. The van der Waals surface area contributed by atoms with E-state index < -0.39 is 0 Å². The highest BCUT2D eigenvalue weighted by atomic mass is 16.5. The Balaban J connectivity index is 1.42. The van der Waals surface area contributed by atoms with Gasteiger partial charge in [-0.2, -0.15) is 0 Å². The van der Waals surface area contributed by atoms with E-state index in [0.29, 0.717) is 45.1 Å². The van der Waals surface area contributed by atoms with Gasteiger partial charge in [-0.3, -0.25) is 9.59 Å². The van der Waals surface area contributed by atoms with Crippen LogP contribution in [-0.2, 0) is 14.3 Å². The molecule has 5 heteroatoms. The molecule has 0 bridgehead atoms. The van der Waals surface area contributed by atoms with Crippen molar-refractivity contribution < 1.29 is 14.3 Å². The van der Waals surface area contributed by atoms with Crippen molar-refractivity contribution in [2.24, 2.45) is 5.92 Å². The molecule has 3 aliphatic rings. The molecule has 0 aromatic rings. The van der Waals surface area contributed by atoms with E-state index in [1.807, 2.05) is 9.80 Å². The molecule has 0 N–H and O–H groups in total. The van der Waals surface area contributed by atoms with E-state index >= 15 is 0 Å². The highest BCUT2D eigenvalue weighted by Gasteiger charge is 2.31. The number of rotatable bonds is 3. The molecule has 3 rings (SSSR count). The molecule has 0 radical (unpaired) electrons. The van der Waals surface area contributed by atoms with Gasteiger partial charge in [-0.1, -0.05) is 19.3 Å². The predicted molar refractivity (Wildman–Crippen MR) is 83.3 cm³/mol. The zero-order valence-electron chi connectivity index (χ0n) is 13.5. The third-order valence-electron chi connectivity index (χ3n) is 5.34. The fourth-order valence-electron chi connectivity index (χ4n) is 3.92. The van der Waals surface area contributed by atoms with E-state index in [1.54, 1.807) is 0 Å². The van der Waals surface area contributed by atoms with Crippen LogP contribution in [0.25, 0.3) is 0 Å². The molecule has 3 fully saturated rings. The summed E-state index contributed by atoms with van der Waals surface area (Å²) in [6.45, 7) is 3.40. The lowest BCUT2D eigenvalue weighted by Gasteiger charge is -2.36. The summed E-state index contributed by atoms with van der Waals surface area (Å²) in [4.78, 5) is 28.5. The van der Waals surface area contributed by atoms with E-state index in [4.69, 9.17) is 4.74 Å². The molecule has 22 heavy (non-hydrogen) atoms. The zero-order valence-corrected chi connectivity index (χ0v) is 13.5. The van der Waals surface area contributed by atoms with Crippen molar-refractivity contribution in [1.29, 1.82) is 0 Å². The Kier molecular flexibility index (Phi) is 5.34. The van der Waals surface area contributed by atoms with Gasteiger partial charge in [0.05, 0.1) is 0 Å². The number of ether oxygens (including phenoxy) is 1. The fourth-order valence-corrected chi connectivity index (χ4v) is 3.92. The predicted octanol–water partition coefficient (Wildman–Crippen LogP) is 1.81. The molecule has 1 atom stereocenters. The van der Waals surface area contributed by atoms with Gasteiger partial charge in [-0.25, -0.2) is 0 Å². The minimum absolute atomic E-state index is 0.122. The molecule has 124 valence electrons. The van der Waals surface area contributed by atoms with Crippen molar-refractivity contribution >= 4 is 11.8 Å². The Morgan fingerprint density at radius 3 is 2.18 bits per heavy atom. The quantitative estimate of drug-likeness (QED) is 0.799. The highest BCUT2D eigenvalue weighted by molar-refractivity contribution is 5.82. The molecule has 0 aromatic carbocycles. The van der Waals surface area contributed by atoms with Gasteiger partial charge >= 0.3 is 0 Å². The van der Waals surface area contributed by atoms with Crippen LogP contribution < -0.4 is 0 Å². The largest absolute Gasteiger partial charge is 0.368 e. The standard InChI is InChI=1S/C17H28N2O3/c20-16(13-14-5-2-1-3-6-14)18-8-10-19(11-9-18)17(21)15-7-4-12-22-15/h14-15H,1-13H2. The van der Waals surface area contributed by atoms with Crippen LogP contribution in [0, 0.1) is 5.92 Å². The minimum Gasteiger partial charge on any atom is -0.368 e. The van der Waals surface area contributed by atoms with Gasteiger partial charge in [0, 0.05) is 39.2 Å². The summed E-state index contributed by atoms with van der Waals surface area (Å²) in [6.07, 6.45) is 8.62. The van der Waals surface area contributed by atoms with Crippen molar-refractivity contribution in [2.45, 2.75) is 57.5 Å². The van der Waals surface area contributed by atoms with E-state index in [-0.39, 0.29) is 17.9 Å². The van der Waals surface area contributed by atoms with Crippen LogP contribution >= 0.6 is 0 Å². The molecule has 1 saturated carbocycles. The van der Waals surface area contributed by atoms with Gasteiger partial charge < -0.3 is 14.5 Å². The maximum absolute atomic E-state index is 12.4. The number of hydrogen-bond donors (Lipinski definition) is 0. The average molecular weight is 308 g/mol. The second-order valence-corrected chi connectivity index (χ2v) is 6.92. The van der Waals surface area contributed by atoms with Gasteiger partial charge in [0.25, 0.3) is 5.91 Å². The molecule has 0 spiro atoms. The van der Waals surface area contributed by atoms with E-state index in [9.17, 15) is 9.59 Å². The minimum atomic E-state index is -0.232. The van der Waals surface area contributed by atoms with Crippen LogP contribution in [-0.4, -0.2) is 60.5 Å². The van der Waals surface area contributed by atoms with Gasteiger partial charge in [0.15, 0.2) is 0 Å². The van der Waals surface area contributed by atoms with E-state index in [0.717, 1.165) is 12.8 Å². The smallest absolute Gasteiger partial charge is 0.251 e. The maximum Gasteiger partial charge on any atom is 0.251 e. The SMILES string of the molecule is O=C(CC1CCCCC1)N1CCN(C(=O)C2CCCO2)CC1. The molecule has 0 aromatic heterocycles. The lowest BCUT2D eigenvalue weighted by Crippen LogP contribution is -2.53. The number of carbonyl (C=O) groups excluding carboxylic acids is 2. The summed E-state index contributed by atoms with van der Waals surface area (Å²) in [5, 5.41) is 0. The van der Waals surface area contributed by atoms with Crippen molar-refractivity contribution in [3.8, 4) is 0 Å². The van der Waals surface area contributed by atoms with Crippen molar-refractivity contribution in [3.63, 3.8) is 0 Å². The van der Waals surface area contributed by atoms with Gasteiger partial charge in [0.1, 0.15) is 6.10 Å². The van der Waals surface area contributed by atoms with E-state index in [2.05, 4.69) is 0 Å². The molecule has 5 nitrogen and oxygen atoms in total. The average Bonchev–Trinajstić information content (AvgIpc) is 3.10. The van der Waals surface area contributed by atoms with Gasteiger partial charge in [0.2, 0.25) is 5.91 Å². The number of amides is 2. The topological polar surface area (TPSA) is 49.9 Å². The van der Waals surface area contributed by atoms with Gasteiger partial charge in [-0.05, 0) is 31.6 Å². The Morgan fingerprint density at radius 1 is 0.864 bits per heavy atom.